The summed E-state index contributed by atoms with van der Waals surface area (Å²) in [5.74, 6) is 3.87. The van der Waals surface area contributed by atoms with E-state index in [1.165, 1.54) is 5.56 Å². The summed E-state index contributed by atoms with van der Waals surface area (Å²) in [5.41, 5.74) is 2.41. The first-order chi connectivity index (χ1) is 11.2. The molecule has 0 bridgehead atoms. The molecular formula is C13H24N6S4. The number of aromatic amines is 1. The number of H-pyrrole nitrogens is 1. The zero-order chi connectivity index (χ0) is 16.9. The summed E-state index contributed by atoms with van der Waals surface area (Å²) in [6, 6.07) is 0. The first-order valence-corrected chi connectivity index (χ1v) is 10.4. The van der Waals surface area contributed by atoms with Crippen molar-refractivity contribution in [3.05, 3.63) is 17.5 Å². The Morgan fingerprint density at radius 2 is 1.61 bits per heavy atom. The molecule has 0 aromatic carbocycles. The van der Waals surface area contributed by atoms with Gasteiger partial charge in [-0.3, -0.25) is 5.10 Å². The maximum Gasteiger partial charge on any atom is 0.166 e. The van der Waals surface area contributed by atoms with Crippen LogP contribution in [0.3, 0.4) is 0 Å². The van der Waals surface area contributed by atoms with E-state index in [1.807, 2.05) is 43.8 Å². The van der Waals surface area contributed by atoms with Crippen molar-refractivity contribution in [2.75, 3.05) is 38.7 Å². The molecule has 5 N–H and O–H groups in total. The Morgan fingerprint density at radius 1 is 1.04 bits per heavy atom. The van der Waals surface area contributed by atoms with Crippen LogP contribution in [0.2, 0.25) is 0 Å². The van der Waals surface area contributed by atoms with Gasteiger partial charge in [0.05, 0.1) is 5.69 Å². The fraction of sp³-hybridized carbons (Fsp3) is 0.615. The largest absolute Gasteiger partial charge is 0.366 e. The first kappa shape index (κ1) is 20.3. The lowest BCUT2D eigenvalue weighted by molar-refractivity contribution is 0.941. The molecular weight excluding hydrogens is 368 g/mol. The third kappa shape index (κ3) is 9.23. The minimum atomic E-state index is 0.689. The summed E-state index contributed by atoms with van der Waals surface area (Å²) >= 11 is 13.8. The average molecular weight is 393 g/mol. The van der Waals surface area contributed by atoms with Gasteiger partial charge in [0.1, 0.15) is 0 Å². The second-order valence-electron chi connectivity index (χ2n) is 4.47. The van der Waals surface area contributed by atoms with E-state index in [0.717, 1.165) is 41.8 Å². The van der Waals surface area contributed by atoms with Gasteiger partial charge >= 0.3 is 0 Å². The summed E-state index contributed by atoms with van der Waals surface area (Å²) < 4.78 is 0. The SMILES string of the molecule is CNC(=S)NCCSCc1c[nH]nc1CSCCNC(=S)NC. The Kier molecular flexibility index (Phi) is 11.2. The lowest BCUT2D eigenvalue weighted by atomic mass is 10.3. The number of aromatic nitrogens is 2. The highest BCUT2D eigenvalue weighted by Crippen LogP contribution is 2.18. The van der Waals surface area contributed by atoms with E-state index in [9.17, 15) is 0 Å². The van der Waals surface area contributed by atoms with E-state index in [2.05, 4.69) is 31.5 Å². The van der Waals surface area contributed by atoms with Gasteiger partial charge < -0.3 is 21.3 Å². The molecule has 0 atom stereocenters. The number of hydrogen-bond donors (Lipinski definition) is 5. The van der Waals surface area contributed by atoms with Crippen LogP contribution >= 0.6 is 48.0 Å². The number of rotatable bonds is 10. The maximum atomic E-state index is 5.03. The van der Waals surface area contributed by atoms with Crippen molar-refractivity contribution in [2.45, 2.75) is 11.5 Å². The molecule has 0 fully saturated rings. The molecule has 0 saturated carbocycles. The highest BCUT2D eigenvalue weighted by molar-refractivity contribution is 7.98. The molecule has 0 aliphatic carbocycles. The lowest BCUT2D eigenvalue weighted by Gasteiger charge is -2.07. The molecule has 23 heavy (non-hydrogen) atoms. The molecule has 1 aromatic rings. The Morgan fingerprint density at radius 3 is 2.17 bits per heavy atom. The minimum absolute atomic E-state index is 0.689. The number of thiocarbonyl (C=S) groups is 2. The molecule has 1 heterocycles. The predicted molar refractivity (Wildman–Crippen MR) is 110 cm³/mol. The standard InChI is InChI=1S/C13H24N6S4/c1-14-12(20)16-3-5-22-8-10-7-18-19-11(10)9-23-6-4-17-13(21)15-2/h7H,3-6,8-9H2,1-2H3,(H,18,19)(H2,14,16,20)(H2,15,17,21). The molecule has 0 saturated heterocycles. The van der Waals surface area contributed by atoms with Crippen molar-refractivity contribution in [3.8, 4) is 0 Å². The molecule has 0 spiro atoms. The summed E-state index contributed by atoms with van der Waals surface area (Å²) in [7, 11) is 3.64. The van der Waals surface area contributed by atoms with Gasteiger partial charge in [0.25, 0.3) is 0 Å². The molecule has 0 unspecified atom stereocenters. The first-order valence-electron chi connectivity index (χ1n) is 7.25. The zero-order valence-electron chi connectivity index (χ0n) is 13.4. The number of nitrogens with one attached hydrogen (secondary N) is 5. The third-order valence-corrected chi connectivity index (χ3v) is 5.50. The lowest BCUT2D eigenvalue weighted by Crippen LogP contribution is -2.33. The van der Waals surface area contributed by atoms with Gasteiger partial charge in [0.2, 0.25) is 0 Å². The van der Waals surface area contributed by atoms with E-state index >= 15 is 0 Å². The van der Waals surface area contributed by atoms with Crippen LogP contribution < -0.4 is 21.3 Å². The van der Waals surface area contributed by atoms with Crippen molar-refractivity contribution in [3.63, 3.8) is 0 Å². The van der Waals surface area contributed by atoms with Crippen LogP contribution in [0.4, 0.5) is 0 Å². The predicted octanol–water partition coefficient (Wildman–Crippen LogP) is 1.06. The van der Waals surface area contributed by atoms with Crippen molar-refractivity contribution in [1.82, 2.24) is 31.5 Å². The molecule has 6 nitrogen and oxygen atoms in total. The molecule has 1 rings (SSSR count). The van der Waals surface area contributed by atoms with E-state index < -0.39 is 0 Å². The Labute approximate surface area is 157 Å². The second-order valence-corrected chi connectivity index (χ2v) is 7.50. The van der Waals surface area contributed by atoms with Gasteiger partial charge in [0, 0.05) is 62.0 Å². The van der Waals surface area contributed by atoms with Crippen molar-refractivity contribution in [1.29, 1.82) is 0 Å². The maximum absolute atomic E-state index is 5.03. The summed E-state index contributed by atoms with van der Waals surface area (Å²) in [6.07, 6.45) is 1.99. The Balaban J connectivity index is 2.15. The Hall–Kier alpha value is -0.710. The summed E-state index contributed by atoms with van der Waals surface area (Å²) in [4.78, 5) is 0. The van der Waals surface area contributed by atoms with Gasteiger partial charge in [-0.15, -0.1) is 0 Å². The van der Waals surface area contributed by atoms with Crippen LogP contribution in [-0.4, -0.2) is 59.1 Å². The monoisotopic (exact) mass is 392 g/mol. The second kappa shape index (κ2) is 12.7. The quantitative estimate of drug-likeness (QED) is 0.297. The fourth-order valence-electron chi connectivity index (χ4n) is 1.59. The highest BCUT2D eigenvalue weighted by Gasteiger charge is 2.06. The Bertz CT molecular complexity index is 438. The van der Waals surface area contributed by atoms with Gasteiger partial charge in [0.15, 0.2) is 10.2 Å². The topological polar surface area (TPSA) is 76.8 Å². The van der Waals surface area contributed by atoms with E-state index in [4.69, 9.17) is 24.4 Å². The van der Waals surface area contributed by atoms with Gasteiger partial charge in [-0.05, 0) is 24.4 Å². The van der Waals surface area contributed by atoms with E-state index in [1.54, 1.807) is 0 Å². The molecule has 0 amide bonds. The average Bonchev–Trinajstić information content (AvgIpc) is 3.01. The smallest absolute Gasteiger partial charge is 0.166 e. The van der Waals surface area contributed by atoms with E-state index in [0.29, 0.717) is 10.2 Å². The summed E-state index contributed by atoms with van der Waals surface area (Å²) in [5, 5.41) is 20.8. The molecule has 1 aromatic heterocycles. The molecule has 0 aliphatic heterocycles. The molecule has 10 heteroatoms. The van der Waals surface area contributed by atoms with Gasteiger partial charge in [-0.1, -0.05) is 0 Å². The number of nitrogens with zero attached hydrogens (tertiary/aromatic N) is 1. The highest BCUT2D eigenvalue weighted by atomic mass is 32.2. The third-order valence-electron chi connectivity index (χ3n) is 2.82. The van der Waals surface area contributed by atoms with Crippen LogP contribution in [0.15, 0.2) is 6.20 Å². The van der Waals surface area contributed by atoms with Crippen LogP contribution in [0.25, 0.3) is 0 Å². The van der Waals surface area contributed by atoms with Crippen LogP contribution in [0.5, 0.6) is 0 Å². The van der Waals surface area contributed by atoms with Crippen molar-refractivity contribution >= 4 is 58.2 Å². The van der Waals surface area contributed by atoms with Crippen LogP contribution in [0, 0.1) is 0 Å². The number of thioether (sulfide) groups is 2. The van der Waals surface area contributed by atoms with E-state index in [-0.39, 0.29) is 0 Å². The van der Waals surface area contributed by atoms with Crippen LogP contribution in [-0.2, 0) is 11.5 Å². The molecule has 0 aliphatic rings. The van der Waals surface area contributed by atoms with Gasteiger partial charge in [-0.2, -0.15) is 28.6 Å². The van der Waals surface area contributed by atoms with Crippen LogP contribution in [0.1, 0.15) is 11.3 Å². The van der Waals surface area contributed by atoms with Crippen molar-refractivity contribution < 1.29 is 0 Å². The number of hydrogen-bond acceptors (Lipinski definition) is 5. The fourth-order valence-corrected chi connectivity index (χ4v) is 3.49. The molecule has 130 valence electrons. The zero-order valence-corrected chi connectivity index (χ0v) is 16.7. The van der Waals surface area contributed by atoms with Gasteiger partial charge in [-0.25, -0.2) is 0 Å². The minimum Gasteiger partial charge on any atom is -0.366 e. The summed E-state index contributed by atoms with van der Waals surface area (Å²) in [6.45, 7) is 1.72. The normalized spacial score (nSPS) is 10.2. The molecule has 0 radical (unpaired) electrons. The van der Waals surface area contributed by atoms with Crippen molar-refractivity contribution in [2.24, 2.45) is 0 Å².